The van der Waals surface area contributed by atoms with Crippen LogP contribution < -0.4 is 0 Å². The number of hydrogen-bond acceptors (Lipinski definition) is 10. The van der Waals surface area contributed by atoms with Gasteiger partial charge in [-0.3, -0.25) is 0 Å². The van der Waals surface area contributed by atoms with Gasteiger partial charge in [0.25, 0.3) is 0 Å². The van der Waals surface area contributed by atoms with Crippen molar-refractivity contribution in [2.24, 2.45) is 22.7 Å². The minimum atomic E-state index is -0.841. The van der Waals surface area contributed by atoms with Gasteiger partial charge in [0.05, 0.1) is 12.2 Å². The van der Waals surface area contributed by atoms with Crippen LogP contribution in [0.2, 0.25) is 0 Å². The Morgan fingerprint density at radius 1 is 0.836 bits per heavy atom. The Morgan fingerprint density at radius 3 is 2.13 bits per heavy atom. The van der Waals surface area contributed by atoms with Crippen molar-refractivity contribution in [3.8, 4) is 0 Å². The topological polar surface area (TPSA) is 132 Å². The van der Waals surface area contributed by atoms with Crippen LogP contribution in [-0.2, 0) is 9.47 Å². The van der Waals surface area contributed by atoms with Crippen molar-refractivity contribution in [1.29, 1.82) is 0 Å². The first-order chi connectivity index (χ1) is 26.3. The van der Waals surface area contributed by atoms with Gasteiger partial charge in [0.2, 0.25) is 5.89 Å². The molecule has 1 unspecified atom stereocenters. The van der Waals surface area contributed by atoms with E-state index in [0.717, 1.165) is 18.4 Å². The van der Waals surface area contributed by atoms with Gasteiger partial charge in [0.15, 0.2) is 11.4 Å². The number of oxazole rings is 1. The van der Waals surface area contributed by atoms with Gasteiger partial charge in [0.1, 0.15) is 23.5 Å². The van der Waals surface area contributed by atoms with Gasteiger partial charge in [-0.2, -0.15) is 0 Å². The number of aliphatic hydroxyl groups excluding tert-OH is 2. The van der Waals surface area contributed by atoms with E-state index < -0.39 is 47.2 Å². The highest BCUT2D eigenvalue weighted by Gasteiger charge is 2.39. The number of esters is 2. The van der Waals surface area contributed by atoms with Crippen LogP contribution in [0.15, 0.2) is 112 Å². The number of ether oxygens (including phenoxy) is 2. The summed E-state index contributed by atoms with van der Waals surface area (Å²) < 4.78 is 17.6. The number of aromatic nitrogens is 2. The molecule has 9 nitrogen and oxygen atoms in total. The Hall–Kier alpha value is -4.64. The van der Waals surface area contributed by atoms with E-state index in [0.29, 0.717) is 17.8 Å². The molecule has 0 radical (unpaired) electrons. The molecule has 3 heterocycles. The lowest BCUT2D eigenvalue weighted by Gasteiger charge is -2.36. The molecule has 0 aromatic carbocycles. The van der Waals surface area contributed by atoms with Crippen LogP contribution in [0.1, 0.15) is 106 Å². The number of aliphatic hydroxyl groups is 2. The molecule has 2 N–H and O–H groups in total. The van der Waals surface area contributed by atoms with E-state index in [1.54, 1.807) is 41.8 Å². The SMILES string of the molecule is C/C=C/[C@H](O)C(C)(C)[C@@H]1C/C=C\C2CC/C2=C\C=C/c2nc(cs2)C(=O)O[C@H](C(C)(C)[C@@H](O)/C=C/C)C/C=C\C2=C(C)[C@H]2/C=C/C=C\c2nc(co2)C(=O)O1. The summed E-state index contributed by atoms with van der Waals surface area (Å²) in [6.07, 6.45) is 29.7. The number of hydrogen-bond donors (Lipinski definition) is 2. The molecule has 4 bridgehead atoms. The normalized spacial score (nSPS) is 28.1. The van der Waals surface area contributed by atoms with Gasteiger partial charge in [-0.05, 0) is 51.2 Å². The zero-order valence-corrected chi connectivity index (χ0v) is 33.7. The number of carbonyl (C=O) groups excluding carboxylic acids is 2. The van der Waals surface area contributed by atoms with E-state index >= 15 is 0 Å². The predicted octanol–water partition coefficient (Wildman–Crippen LogP) is 9.58. The molecule has 1 fully saturated rings. The Kier molecular flexibility index (Phi) is 13.8. The fourth-order valence-electron chi connectivity index (χ4n) is 6.56. The monoisotopic (exact) mass is 766 g/mol. The maximum absolute atomic E-state index is 13.4. The minimum Gasteiger partial charge on any atom is -0.457 e. The van der Waals surface area contributed by atoms with Crippen molar-refractivity contribution in [3.05, 3.63) is 130 Å². The Bertz CT molecular complexity index is 1960. The zero-order chi connectivity index (χ0) is 39.8. The lowest BCUT2D eigenvalue weighted by molar-refractivity contribution is -0.0461. The third-order valence-corrected chi connectivity index (χ3v) is 11.7. The standard InChI is InChI=1S/C45H54N2O7S/c1-8-15-36(48)44(4,5)38-21-12-17-30-25-26-31(30)18-13-24-41-47-35(28-55-41)43(51)54-39(45(6,7)37(49)16-9-2)22-14-20-33-29(3)32(33)19-10-11-23-40-46-34(27-52-40)42(50)53-38/h8-20,23-24,27-28,30,32,36-39,48-49H,21-22,25-26H2,1-7H3/b15-8+,16-9+,17-12-,19-10+,20-14-,23-11-,24-13-,31-18+/t30?,32-,36+,37+,38+,39+/m1/s1. The molecular formula is C45H54N2O7S. The molecule has 10 heteroatoms. The smallest absolute Gasteiger partial charge is 0.360 e. The maximum atomic E-state index is 13.4. The number of thiazole rings is 1. The van der Waals surface area contributed by atoms with E-state index in [1.165, 1.54) is 28.7 Å². The van der Waals surface area contributed by atoms with Gasteiger partial charge in [-0.25, -0.2) is 19.6 Å². The molecular weight excluding hydrogens is 713 g/mol. The fraction of sp³-hybridized carbons (Fsp3) is 0.422. The van der Waals surface area contributed by atoms with Crippen LogP contribution in [0.3, 0.4) is 0 Å². The van der Waals surface area contributed by atoms with Crippen molar-refractivity contribution in [3.63, 3.8) is 0 Å². The summed E-state index contributed by atoms with van der Waals surface area (Å²) in [5, 5.41) is 24.3. The molecule has 2 aromatic rings. The third kappa shape index (κ3) is 10.4. The number of cyclic esters (lactones) is 2. The van der Waals surface area contributed by atoms with E-state index in [1.807, 2.05) is 78.0 Å². The van der Waals surface area contributed by atoms with Crippen molar-refractivity contribution in [2.45, 2.75) is 98.6 Å². The molecule has 0 spiro atoms. The number of allylic oxidation sites excluding steroid dienone is 12. The lowest BCUT2D eigenvalue weighted by atomic mass is 9.77. The van der Waals surface area contributed by atoms with Gasteiger partial charge >= 0.3 is 11.9 Å². The highest BCUT2D eigenvalue weighted by atomic mass is 32.1. The van der Waals surface area contributed by atoms with Crippen LogP contribution >= 0.6 is 11.3 Å². The first-order valence-electron chi connectivity index (χ1n) is 19.0. The zero-order valence-electron chi connectivity index (χ0n) is 32.8. The van der Waals surface area contributed by atoms with Gasteiger partial charge in [-0.15, -0.1) is 11.3 Å². The molecule has 2 aliphatic carbocycles. The molecule has 5 rings (SSSR count). The van der Waals surface area contributed by atoms with E-state index in [4.69, 9.17) is 13.9 Å². The Labute approximate surface area is 329 Å². The van der Waals surface area contributed by atoms with Crippen LogP contribution in [0, 0.1) is 22.7 Å². The quantitative estimate of drug-likeness (QED) is 0.218. The summed E-state index contributed by atoms with van der Waals surface area (Å²) in [5.41, 5.74) is 2.36. The highest BCUT2D eigenvalue weighted by Crippen LogP contribution is 2.42. The summed E-state index contributed by atoms with van der Waals surface area (Å²) in [6.45, 7) is 13.3. The van der Waals surface area contributed by atoms with Crippen LogP contribution in [0.25, 0.3) is 12.2 Å². The number of carbonyl (C=O) groups is 2. The van der Waals surface area contributed by atoms with Crippen LogP contribution in [0.5, 0.6) is 0 Å². The molecule has 292 valence electrons. The maximum Gasteiger partial charge on any atom is 0.360 e. The van der Waals surface area contributed by atoms with E-state index in [9.17, 15) is 19.8 Å². The Morgan fingerprint density at radius 2 is 1.49 bits per heavy atom. The molecule has 55 heavy (non-hydrogen) atoms. The molecule has 0 amide bonds. The molecule has 0 saturated heterocycles. The molecule has 1 aliphatic heterocycles. The predicted molar refractivity (Wildman–Crippen MR) is 218 cm³/mol. The van der Waals surface area contributed by atoms with Crippen molar-refractivity contribution < 1.29 is 33.7 Å². The van der Waals surface area contributed by atoms with Crippen LogP contribution in [-0.4, -0.2) is 56.5 Å². The second-order valence-corrected chi connectivity index (χ2v) is 16.3. The molecule has 2 aromatic heterocycles. The number of rotatable bonds is 6. The summed E-state index contributed by atoms with van der Waals surface area (Å²) in [7, 11) is 0. The summed E-state index contributed by atoms with van der Waals surface area (Å²) in [6, 6.07) is 0. The number of nitrogens with zero attached hydrogens (tertiary/aromatic N) is 2. The second-order valence-electron chi connectivity index (χ2n) is 15.4. The van der Waals surface area contributed by atoms with Gasteiger partial charge in [-0.1, -0.05) is 118 Å². The first kappa shape index (κ1) is 41.5. The second kappa shape index (κ2) is 18.3. The van der Waals surface area contributed by atoms with Crippen molar-refractivity contribution >= 4 is 35.4 Å². The Balaban J connectivity index is 1.41. The van der Waals surface area contributed by atoms with Gasteiger partial charge < -0.3 is 24.1 Å². The largest absolute Gasteiger partial charge is 0.457 e. The van der Waals surface area contributed by atoms with E-state index in [-0.39, 0.29) is 29.1 Å². The minimum absolute atomic E-state index is 0.0544. The highest BCUT2D eigenvalue weighted by molar-refractivity contribution is 7.10. The number of fused-ring (bicyclic) bond motifs is 6. The third-order valence-electron chi connectivity index (χ3n) is 10.9. The summed E-state index contributed by atoms with van der Waals surface area (Å²) >= 11 is 1.36. The van der Waals surface area contributed by atoms with Gasteiger partial charge in [0, 0.05) is 41.0 Å². The van der Waals surface area contributed by atoms with Crippen LogP contribution in [0.4, 0.5) is 0 Å². The lowest BCUT2D eigenvalue weighted by Crippen LogP contribution is -2.42. The average molecular weight is 767 g/mol. The summed E-state index contributed by atoms with van der Waals surface area (Å²) in [5.74, 6) is -0.486. The van der Waals surface area contributed by atoms with Crippen molar-refractivity contribution in [1.82, 2.24) is 9.97 Å². The van der Waals surface area contributed by atoms with E-state index in [2.05, 4.69) is 35.1 Å². The molecule has 6 atom stereocenters. The fourth-order valence-corrected chi connectivity index (χ4v) is 7.25. The van der Waals surface area contributed by atoms with Crippen molar-refractivity contribution in [2.75, 3.05) is 0 Å². The summed E-state index contributed by atoms with van der Waals surface area (Å²) in [4.78, 5) is 35.6. The molecule has 1 saturated carbocycles. The molecule has 3 aliphatic rings. The first-order valence-corrected chi connectivity index (χ1v) is 19.8. The average Bonchev–Trinajstić information content (AvgIpc) is 3.49.